The molecule has 0 aliphatic carbocycles. The summed E-state index contributed by atoms with van der Waals surface area (Å²) in [5.74, 6) is -0.788. The summed E-state index contributed by atoms with van der Waals surface area (Å²) in [7, 11) is 0. The Morgan fingerprint density at radius 1 is 1.83 bits per heavy atom. The van der Waals surface area contributed by atoms with E-state index in [2.05, 4.69) is 6.58 Å². The molecule has 1 heterocycles. The monoisotopic (exact) mass is 172 g/mol. The molecule has 0 aromatic carbocycles. The highest BCUT2D eigenvalue weighted by molar-refractivity contribution is 5.79. The minimum atomic E-state index is -1.62. The molecule has 68 valence electrons. The SMILES string of the molecule is C=CC1(O)C(CC)OC(=O)C1O. The zero-order chi connectivity index (χ0) is 9.35. The van der Waals surface area contributed by atoms with Gasteiger partial charge in [0, 0.05) is 0 Å². The molecular weight excluding hydrogens is 160 g/mol. The number of cyclic esters (lactones) is 1. The molecule has 3 unspecified atom stereocenters. The largest absolute Gasteiger partial charge is 0.457 e. The topological polar surface area (TPSA) is 66.8 Å². The number of carbonyl (C=O) groups is 1. The maximum Gasteiger partial charge on any atom is 0.338 e. The van der Waals surface area contributed by atoms with Crippen molar-refractivity contribution in [1.82, 2.24) is 0 Å². The highest BCUT2D eigenvalue weighted by Crippen LogP contribution is 2.30. The van der Waals surface area contributed by atoms with Crippen LogP contribution in [0.2, 0.25) is 0 Å². The number of ether oxygens (including phenoxy) is 1. The summed E-state index contributed by atoms with van der Waals surface area (Å²) in [4.78, 5) is 10.8. The molecule has 0 saturated carbocycles. The van der Waals surface area contributed by atoms with E-state index in [1.807, 2.05) is 0 Å². The van der Waals surface area contributed by atoms with Gasteiger partial charge in [0.15, 0.2) is 11.7 Å². The molecule has 0 aromatic heterocycles. The zero-order valence-electron chi connectivity index (χ0n) is 6.86. The Morgan fingerprint density at radius 3 is 2.75 bits per heavy atom. The van der Waals surface area contributed by atoms with E-state index in [1.54, 1.807) is 6.92 Å². The number of esters is 1. The number of hydrogen-bond acceptors (Lipinski definition) is 4. The molecule has 0 amide bonds. The summed E-state index contributed by atoms with van der Waals surface area (Å²) in [5, 5.41) is 18.9. The van der Waals surface area contributed by atoms with E-state index in [-0.39, 0.29) is 0 Å². The van der Waals surface area contributed by atoms with Crippen LogP contribution in [0.25, 0.3) is 0 Å². The Hall–Kier alpha value is -0.870. The summed E-state index contributed by atoms with van der Waals surface area (Å²) in [6.45, 7) is 5.11. The van der Waals surface area contributed by atoms with Crippen LogP contribution >= 0.6 is 0 Å². The van der Waals surface area contributed by atoms with Crippen molar-refractivity contribution < 1.29 is 19.7 Å². The van der Waals surface area contributed by atoms with E-state index in [0.29, 0.717) is 6.42 Å². The molecule has 1 rings (SSSR count). The summed E-state index contributed by atoms with van der Waals surface area (Å²) >= 11 is 0. The molecule has 1 aliphatic rings. The average molecular weight is 172 g/mol. The maximum absolute atomic E-state index is 10.8. The van der Waals surface area contributed by atoms with Gasteiger partial charge in [-0.2, -0.15) is 0 Å². The smallest absolute Gasteiger partial charge is 0.338 e. The van der Waals surface area contributed by atoms with Crippen molar-refractivity contribution in [2.24, 2.45) is 0 Å². The minimum absolute atomic E-state index is 0.450. The summed E-state index contributed by atoms with van der Waals surface area (Å²) in [6.07, 6.45) is -0.584. The Labute approximate surface area is 70.5 Å². The maximum atomic E-state index is 10.8. The molecule has 0 bridgehead atoms. The lowest BCUT2D eigenvalue weighted by atomic mass is 9.92. The van der Waals surface area contributed by atoms with Gasteiger partial charge in [-0.3, -0.25) is 0 Å². The predicted octanol–water partition coefficient (Wildman–Crippen LogP) is -0.400. The van der Waals surface area contributed by atoms with E-state index in [9.17, 15) is 15.0 Å². The Kier molecular flexibility index (Phi) is 2.21. The second kappa shape index (κ2) is 2.88. The van der Waals surface area contributed by atoms with Crippen LogP contribution in [0.5, 0.6) is 0 Å². The van der Waals surface area contributed by atoms with Gasteiger partial charge in [0.1, 0.15) is 6.10 Å². The highest BCUT2D eigenvalue weighted by atomic mass is 16.6. The first kappa shape index (κ1) is 9.22. The number of aliphatic hydroxyl groups is 2. The third-order valence-electron chi connectivity index (χ3n) is 2.13. The predicted molar refractivity (Wildman–Crippen MR) is 41.3 cm³/mol. The molecule has 12 heavy (non-hydrogen) atoms. The van der Waals surface area contributed by atoms with Crippen LogP contribution in [0.4, 0.5) is 0 Å². The second-order valence-electron chi connectivity index (χ2n) is 2.83. The molecule has 4 nitrogen and oxygen atoms in total. The fraction of sp³-hybridized carbons (Fsp3) is 0.625. The summed E-state index contributed by atoms with van der Waals surface area (Å²) in [6, 6.07) is 0. The standard InChI is InChI=1S/C8H12O4/c1-3-5-8(11,4-2)6(9)7(10)12-5/h4-6,9,11H,2-3H2,1H3. The van der Waals surface area contributed by atoms with Crippen molar-refractivity contribution in [1.29, 1.82) is 0 Å². The van der Waals surface area contributed by atoms with Crippen LogP contribution in [-0.4, -0.2) is 34.0 Å². The average Bonchev–Trinajstić information content (AvgIpc) is 2.30. The van der Waals surface area contributed by atoms with Crippen LogP contribution in [0, 0.1) is 0 Å². The molecular formula is C8H12O4. The van der Waals surface area contributed by atoms with Gasteiger partial charge in [-0.15, -0.1) is 0 Å². The molecule has 3 atom stereocenters. The third kappa shape index (κ3) is 1.04. The van der Waals surface area contributed by atoms with E-state index >= 15 is 0 Å². The summed E-state index contributed by atoms with van der Waals surface area (Å²) < 4.78 is 4.72. The lowest BCUT2D eigenvalue weighted by molar-refractivity contribution is -0.147. The normalized spacial score (nSPS) is 41.1. The molecule has 0 aromatic rings. The van der Waals surface area contributed by atoms with Crippen molar-refractivity contribution in [3.05, 3.63) is 12.7 Å². The molecule has 0 spiro atoms. The number of aliphatic hydroxyl groups excluding tert-OH is 1. The molecule has 4 heteroatoms. The van der Waals surface area contributed by atoms with Gasteiger partial charge in [0.2, 0.25) is 0 Å². The van der Waals surface area contributed by atoms with Crippen molar-refractivity contribution in [2.45, 2.75) is 31.2 Å². The molecule has 2 N–H and O–H groups in total. The molecule has 1 aliphatic heterocycles. The van der Waals surface area contributed by atoms with Gasteiger partial charge in [-0.05, 0) is 6.42 Å². The first-order valence-corrected chi connectivity index (χ1v) is 3.80. The zero-order valence-corrected chi connectivity index (χ0v) is 6.86. The van der Waals surface area contributed by atoms with E-state index in [4.69, 9.17) is 4.74 Å². The lowest BCUT2D eigenvalue weighted by Gasteiger charge is -2.24. The number of hydrogen-bond donors (Lipinski definition) is 2. The van der Waals surface area contributed by atoms with Gasteiger partial charge < -0.3 is 14.9 Å². The van der Waals surface area contributed by atoms with Gasteiger partial charge in [-0.1, -0.05) is 19.6 Å². The Bertz CT molecular complexity index is 213. The third-order valence-corrected chi connectivity index (χ3v) is 2.13. The fourth-order valence-corrected chi connectivity index (χ4v) is 1.32. The van der Waals surface area contributed by atoms with Crippen LogP contribution in [0.15, 0.2) is 12.7 Å². The van der Waals surface area contributed by atoms with Crippen LogP contribution in [0.1, 0.15) is 13.3 Å². The Balaban J connectivity index is 2.94. The highest BCUT2D eigenvalue weighted by Gasteiger charge is 2.53. The van der Waals surface area contributed by atoms with Crippen molar-refractivity contribution >= 4 is 5.97 Å². The van der Waals surface area contributed by atoms with E-state index < -0.39 is 23.8 Å². The van der Waals surface area contributed by atoms with Gasteiger partial charge >= 0.3 is 5.97 Å². The second-order valence-corrected chi connectivity index (χ2v) is 2.83. The fourth-order valence-electron chi connectivity index (χ4n) is 1.32. The molecule has 1 fully saturated rings. The first-order chi connectivity index (χ1) is 5.56. The van der Waals surface area contributed by atoms with Gasteiger partial charge in [0.25, 0.3) is 0 Å². The summed E-state index contributed by atoms with van der Waals surface area (Å²) in [5.41, 5.74) is -1.62. The lowest BCUT2D eigenvalue weighted by Crippen LogP contribution is -2.45. The van der Waals surface area contributed by atoms with E-state index in [1.165, 1.54) is 0 Å². The van der Waals surface area contributed by atoms with Crippen LogP contribution < -0.4 is 0 Å². The molecule has 1 saturated heterocycles. The molecule has 0 radical (unpaired) electrons. The van der Waals surface area contributed by atoms with Crippen molar-refractivity contribution in [3.8, 4) is 0 Å². The Morgan fingerprint density at radius 2 is 2.42 bits per heavy atom. The van der Waals surface area contributed by atoms with Crippen molar-refractivity contribution in [2.75, 3.05) is 0 Å². The van der Waals surface area contributed by atoms with Crippen LogP contribution in [0.3, 0.4) is 0 Å². The number of carbonyl (C=O) groups excluding carboxylic acids is 1. The number of rotatable bonds is 2. The van der Waals surface area contributed by atoms with Crippen LogP contribution in [-0.2, 0) is 9.53 Å². The first-order valence-electron chi connectivity index (χ1n) is 3.80. The minimum Gasteiger partial charge on any atom is -0.457 e. The van der Waals surface area contributed by atoms with E-state index in [0.717, 1.165) is 6.08 Å². The van der Waals surface area contributed by atoms with Gasteiger partial charge in [-0.25, -0.2) is 4.79 Å². The quantitative estimate of drug-likeness (QED) is 0.439. The van der Waals surface area contributed by atoms with Gasteiger partial charge in [0.05, 0.1) is 0 Å². The van der Waals surface area contributed by atoms with Crippen molar-refractivity contribution in [3.63, 3.8) is 0 Å².